The fourth-order valence-corrected chi connectivity index (χ4v) is 1.32. The Hall–Kier alpha value is -1.06. The smallest absolute Gasteiger partial charge is 0.312 e. The fourth-order valence-electron chi connectivity index (χ4n) is 1.32. The third-order valence-electron chi connectivity index (χ3n) is 2.21. The number of carbonyl (C=O) groups excluding carboxylic acids is 1. The van der Waals surface area contributed by atoms with Crippen molar-refractivity contribution in [2.24, 2.45) is 0 Å². The summed E-state index contributed by atoms with van der Waals surface area (Å²) in [6.45, 7) is 6.48. The Morgan fingerprint density at radius 1 is 1.58 bits per heavy atom. The van der Waals surface area contributed by atoms with Gasteiger partial charge in [-0.1, -0.05) is 6.92 Å². The molecule has 1 fully saturated rings. The number of nitrogens with one attached hydrogen (secondary N) is 2. The van der Waals surface area contributed by atoms with Gasteiger partial charge in [0, 0.05) is 6.54 Å². The monoisotopic (exact) mass is 169 g/mol. The Bertz CT molecular complexity index is 222. The van der Waals surface area contributed by atoms with Crippen molar-refractivity contribution in [1.82, 2.24) is 10.2 Å². The van der Waals surface area contributed by atoms with Crippen LogP contribution in [0.4, 0.5) is 4.79 Å². The van der Waals surface area contributed by atoms with Crippen LogP contribution < -0.4 is 5.32 Å². The molecule has 1 heterocycles. The largest absolute Gasteiger partial charge is 0.323 e. The molecule has 0 spiro atoms. The number of amidine groups is 1. The molecule has 0 unspecified atom stereocenters. The van der Waals surface area contributed by atoms with Gasteiger partial charge in [-0.3, -0.25) is 10.7 Å². The van der Waals surface area contributed by atoms with Crippen LogP contribution in [0, 0.1) is 5.41 Å². The number of rotatable bonds is 2. The highest BCUT2D eigenvalue weighted by Gasteiger charge is 2.41. The molecule has 1 saturated heterocycles. The van der Waals surface area contributed by atoms with Crippen molar-refractivity contribution < 1.29 is 4.79 Å². The van der Waals surface area contributed by atoms with E-state index in [0.29, 0.717) is 12.4 Å². The van der Waals surface area contributed by atoms with Crippen LogP contribution in [0.5, 0.6) is 0 Å². The molecule has 4 heteroatoms. The molecule has 0 aromatic heterocycles. The molecule has 1 rings (SSSR count). The van der Waals surface area contributed by atoms with Gasteiger partial charge >= 0.3 is 6.03 Å². The van der Waals surface area contributed by atoms with E-state index in [9.17, 15) is 4.79 Å². The molecular weight excluding hydrogens is 154 g/mol. The van der Waals surface area contributed by atoms with E-state index >= 15 is 0 Å². The summed E-state index contributed by atoms with van der Waals surface area (Å²) in [5.74, 6) is 0.293. The lowest BCUT2D eigenvalue weighted by molar-refractivity contribution is 0.186. The molecule has 1 aliphatic heterocycles. The van der Waals surface area contributed by atoms with E-state index in [0.717, 1.165) is 6.42 Å². The fraction of sp³-hybridized carbons (Fsp3) is 0.750. The molecule has 2 N–H and O–H groups in total. The van der Waals surface area contributed by atoms with Crippen LogP contribution in [0.3, 0.4) is 0 Å². The van der Waals surface area contributed by atoms with Gasteiger partial charge in [0.2, 0.25) is 0 Å². The summed E-state index contributed by atoms with van der Waals surface area (Å²) in [4.78, 5) is 13.0. The zero-order valence-electron chi connectivity index (χ0n) is 7.77. The predicted molar refractivity (Wildman–Crippen MR) is 47.3 cm³/mol. The Labute approximate surface area is 72.4 Å². The standard InChI is InChI=1S/C8H15N3O/c1-4-5-11-7(12)10-6(9)8(11,2)3/h4-5H2,1-3H3,(H2,9,10,12). The molecule has 4 nitrogen and oxygen atoms in total. The molecule has 0 aliphatic carbocycles. The van der Waals surface area contributed by atoms with Gasteiger partial charge in [0.15, 0.2) is 0 Å². The summed E-state index contributed by atoms with van der Waals surface area (Å²) in [6, 6.07) is -0.146. The number of nitrogens with zero attached hydrogens (tertiary/aromatic N) is 1. The highest BCUT2D eigenvalue weighted by atomic mass is 16.2. The minimum Gasteiger partial charge on any atom is -0.312 e. The summed E-state index contributed by atoms with van der Waals surface area (Å²) in [6.07, 6.45) is 0.921. The highest BCUT2D eigenvalue weighted by molar-refractivity contribution is 6.07. The predicted octanol–water partition coefficient (Wildman–Crippen LogP) is 1.18. The van der Waals surface area contributed by atoms with Gasteiger partial charge < -0.3 is 4.90 Å². The van der Waals surface area contributed by atoms with E-state index in [4.69, 9.17) is 5.41 Å². The van der Waals surface area contributed by atoms with Gasteiger partial charge in [-0.15, -0.1) is 0 Å². The average Bonchev–Trinajstić information content (AvgIpc) is 2.14. The summed E-state index contributed by atoms with van der Waals surface area (Å²) in [5.41, 5.74) is -0.451. The van der Waals surface area contributed by atoms with Gasteiger partial charge in [-0.25, -0.2) is 4.79 Å². The second-order valence-corrected chi connectivity index (χ2v) is 3.52. The van der Waals surface area contributed by atoms with Crippen LogP contribution in [0.1, 0.15) is 27.2 Å². The van der Waals surface area contributed by atoms with Crippen molar-refractivity contribution in [3.05, 3.63) is 0 Å². The summed E-state index contributed by atoms with van der Waals surface area (Å²) in [5, 5.41) is 10.0. The second kappa shape index (κ2) is 2.77. The maximum atomic E-state index is 11.3. The van der Waals surface area contributed by atoms with E-state index in [1.165, 1.54) is 0 Å². The van der Waals surface area contributed by atoms with Gasteiger partial charge in [0.25, 0.3) is 0 Å². The normalized spacial score (nSPS) is 21.4. The van der Waals surface area contributed by atoms with E-state index in [-0.39, 0.29) is 6.03 Å². The van der Waals surface area contributed by atoms with Crippen molar-refractivity contribution in [2.75, 3.05) is 6.54 Å². The number of amides is 2. The maximum absolute atomic E-state index is 11.3. The van der Waals surface area contributed by atoms with Crippen LogP contribution in [0.25, 0.3) is 0 Å². The second-order valence-electron chi connectivity index (χ2n) is 3.52. The Morgan fingerprint density at radius 3 is 2.50 bits per heavy atom. The van der Waals surface area contributed by atoms with Gasteiger partial charge in [-0.2, -0.15) is 0 Å². The first-order valence-electron chi connectivity index (χ1n) is 4.17. The lowest BCUT2D eigenvalue weighted by Gasteiger charge is -2.28. The number of carbonyl (C=O) groups is 1. The third kappa shape index (κ3) is 1.17. The molecule has 0 aromatic rings. The van der Waals surface area contributed by atoms with Gasteiger partial charge in [-0.05, 0) is 20.3 Å². The molecule has 12 heavy (non-hydrogen) atoms. The van der Waals surface area contributed by atoms with Crippen molar-refractivity contribution >= 4 is 11.9 Å². The first-order chi connectivity index (χ1) is 5.50. The quantitative estimate of drug-likeness (QED) is 0.640. The van der Waals surface area contributed by atoms with E-state index < -0.39 is 5.54 Å². The third-order valence-corrected chi connectivity index (χ3v) is 2.21. The Kier molecular flexibility index (Phi) is 2.08. The molecule has 68 valence electrons. The van der Waals surface area contributed by atoms with Gasteiger partial charge in [0.1, 0.15) is 5.84 Å². The summed E-state index contributed by atoms with van der Waals surface area (Å²) < 4.78 is 0. The first kappa shape index (κ1) is 9.03. The lowest BCUT2D eigenvalue weighted by Crippen LogP contribution is -2.44. The van der Waals surface area contributed by atoms with E-state index in [2.05, 4.69) is 5.32 Å². The lowest BCUT2D eigenvalue weighted by atomic mass is 10.0. The number of hydrogen-bond donors (Lipinski definition) is 2. The van der Waals surface area contributed by atoms with Crippen LogP contribution in [-0.4, -0.2) is 28.9 Å². The number of hydrogen-bond acceptors (Lipinski definition) is 2. The summed E-state index contributed by atoms with van der Waals surface area (Å²) >= 11 is 0. The van der Waals surface area contributed by atoms with E-state index in [1.54, 1.807) is 4.90 Å². The molecule has 0 radical (unpaired) electrons. The van der Waals surface area contributed by atoms with Crippen LogP contribution in [-0.2, 0) is 0 Å². The first-order valence-corrected chi connectivity index (χ1v) is 4.17. The molecule has 0 atom stereocenters. The molecule has 0 saturated carbocycles. The van der Waals surface area contributed by atoms with Crippen LogP contribution >= 0.6 is 0 Å². The zero-order valence-corrected chi connectivity index (χ0v) is 7.77. The molecule has 0 aromatic carbocycles. The minimum atomic E-state index is -0.451. The highest BCUT2D eigenvalue weighted by Crippen LogP contribution is 2.20. The SMILES string of the molecule is CCCN1C(=O)NC(=N)C1(C)C. The maximum Gasteiger partial charge on any atom is 0.323 e. The van der Waals surface area contributed by atoms with Crippen LogP contribution in [0.2, 0.25) is 0 Å². The Balaban J connectivity index is 2.83. The van der Waals surface area contributed by atoms with Crippen molar-refractivity contribution in [1.29, 1.82) is 5.41 Å². The molecule has 0 bridgehead atoms. The average molecular weight is 169 g/mol. The van der Waals surface area contributed by atoms with Crippen molar-refractivity contribution in [3.63, 3.8) is 0 Å². The molecular formula is C8H15N3O. The summed E-state index contributed by atoms with van der Waals surface area (Å²) in [7, 11) is 0. The topological polar surface area (TPSA) is 56.2 Å². The zero-order chi connectivity index (χ0) is 9.35. The van der Waals surface area contributed by atoms with Crippen molar-refractivity contribution in [2.45, 2.75) is 32.7 Å². The molecule has 2 amide bonds. The van der Waals surface area contributed by atoms with Gasteiger partial charge in [0.05, 0.1) is 5.54 Å². The Morgan fingerprint density at radius 2 is 2.17 bits per heavy atom. The van der Waals surface area contributed by atoms with Crippen molar-refractivity contribution in [3.8, 4) is 0 Å². The molecule has 1 aliphatic rings. The minimum absolute atomic E-state index is 0.146. The number of urea groups is 1. The van der Waals surface area contributed by atoms with Crippen LogP contribution in [0.15, 0.2) is 0 Å². The van der Waals surface area contributed by atoms with E-state index in [1.807, 2.05) is 20.8 Å².